The van der Waals surface area contributed by atoms with E-state index in [2.05, 4.69) is 41.0 Å². The smallest absolute Gasteiger partial charge is 0.251 e. The molecular formula is C21H24FN3O. The van der Waals surface area contributed by atoms with Crippen molar-refractivity contribution in [1.82, 2.24) is 14.9 Å². The number of pyridine rings is 1. The van der Waals surface area contributed by atoms with E-state index in [1.54, 1.807) is 25.3 Å². The Morgan fingerprint density at radius 3 is 2.85 bits per heavy atom. The molecule has 26 heavy (non-hydrogen) atoms. The van der Waals surface area contributed by atoms with Gasteiger partial charge in [0, 0.05) is 36.4 Å². The molecule has 0 atom stereocenters. The van der Waals surface area contributed by atoms with E-state index < -0.39 is 0 Å². The van der Waals surface area contributed by atoms with Crippen LogP contribution in [0, 0.1) is 18.7 Å². The highest BCUT2D eigenvalue weighted by Gasteiger charge is 2.12. The number of aromatic nitrogens is 2. The molecule has 0 radical (unpaired) electrons. The molecule has 1 N–H and O–H groups in total. The maximum atomic E-state index is 13.6. The number of halogens is 1. The quantitative estimate of drug-likeness (QED) is 0.725. The Bertz CT molecular complexity index is 930. The number of hydrogen-bond acceptors (Lipinski definition) is 2. The average molecular weight is 353 g/mol. The number of nitrogens with one attached hydrogen (secondary N) is 1. The Balaban J connectivity index is 1.69. The summed E-state index contributed by atoms with van der Waals surface area (Å²) in [6.45, 7) is 7.43. The first-order chi connectivity index (χ1) is 12.5. The van der Waals surface area contributed by atoms with Crippen molar-refractivity contribution in [2.45, 2.75) is 33.7 Å². The SMILES string of the molecule is Cc1ccc(C(=O)NCCc2cn(CC(C)C)c3ncccc23)cc1F. The van der Waals surface area contributed by atoms with Crippen LogP contribution in [0.1, 0.15) is 35.3 Å². The predicted molar refractivity (Wildman–Crippen MR) is 102 cm³/mol. The van der Waals surface area contributed by atoms with Crippen molar-refractivity contribution in [1.29, 1.82) is 0 Å². The van der Waals surface area contributed by atoms with Gasteiger partial charge in [0.05, 0.1) is 0 Å². The number of amides is 1. The topological polar surface area (TPSA) is 46.9 Å². The van der Waals surface area contributed by atoms with Gasteiger partial charge < -0.3 is 9.88 Å². The van der Waals surface area contributed by atoms with Crippen molar-refractivity contribution in [2.75, 3.05) is 6.54 Å². The lowest BCUT2D eigenvalue weighted by Crippen LogP contribution is -2.25. The van der Waals surface area contributed by atoms with Crippen molar-refractivity contribution in [3.05, 3.63) is 65.2 Å². The summed E-state index contributed by atoms with van der Waals surface area (Å²) in [4.78, 5) is 16.7. The normalized spacial score (nSPS) is 11.3. The second-order valence-electron chi connectivity index (χ2n) is 7.04. The van der Waals surface area contributed by atoms with Gasteiger partial charge in [-0.05, 0) is 54.7 Å². The van der Waals surface area contributed by atoms with E-state index in [1.165, 1.54) is 6.07 Å². The number of aryl methyl sites for hydroxylation is 1. The first-order valence-corrected chi connectivity index (χ1v) is 8.93. The van der Waals surface area contributed by atoms with Crippen molar-refractivity contribution in [3.63, 3.8) is 0 Å². The fraction of sp³-hybridized carbons (Fsp3) is 0.333. The molecule has 3 aromatic rings. The molecule has 0 unspecified atom stereocenters. The summed E-state index contributed by atoms with van der Waals surface area (Å²) >= 11 is 0. The molecule has 5 heteroatoms. The Morgan fingerprint density at radius 2 is 2.12 bits per heavy atom. The maximum absolute atomic E-state index is 13.6. The van der Waals surface area contributed by atoms with E-state index in [-0.39, 0.29) is 11.7 Å². The Hall–Kier alpha value is -2.69. The fourth-order valence-corrected chi connectivity index (χ4v) is 3.07. The van der Waals surface area contributed by atoms with Crippen LogP contribution in [0.25, 0.3) is 11.0 Å². The fourth-order valence-electron chi connectivity index (χ4n) is 3.07. The van der Waals surface area contributed by atoms with Crippen LogP contribution in [0.4, 0.5) is 4.39 Å². The average Bonchev–Trinajstić information content (AvgIpc) is 2.94. The highest BCUT2D eigenvalue weighted by Crippen LogP contribution is 2.21. The number of benzene rings is 1. The van der Waals surface area contributed by atoms with E-state index in [0.717, 1.165) is 23.1 Å². The Morgan fingerprint density at radius 1 is 1.31 bits per heavy atom. The van der Waals surface area contributed by atoms with Crippen molar-refractivity contribution < 1.29 is 9.18 Å². The summed E-state index contributed by atoms with van der Waals surface area (Å²) in [5, 5.41) is 3.99. The second-order valence-corrected chi connectivity index (χ2v) is 7.04. The minimum Gasteiger partial charge on any atom is -0.352 e. The molecule has 2 heterocycles. The van der Waals surface area contributed by atoms with Gasteiger partial charge in [0.2, 0.25) is 0 Å². The van der Waals surface area contributed by atoms with Crippen molar-refractivity contribution in [2.24, 2.45) is 5.92 Å². The summed E-state index contributed by atoms with van der Waals surface area (Å²) in [6, 6.07) is 8.54. The Kier molecular flexibility index (Phi) is 5.35. The molecule has 1 aromatic carbocycles. The molecule has 0 saturated carbocycles. The molecule has 0 saturated heterocycles. The molecule has 1 amide bonds. The lowest BCUT2D eigenvalue weighted by molar-refractivity contribution is 0.0953. The molecule has 0 aliphatic carbocycles. The second kappa shape index (κ2) is 7.68. The third-order valence-electron chi connectivity index (χ3n) is 4.39. The van der Waals surface area contributed by atoms with Crippen molar-refractivity contribution >= 4 is 16.9 Å². The van der Waals surface area contributed by atoms with Gasteiger partial charge in [0.25, 0.3) is 5.91 Å². The van der Waals surface area contributed by atoms with Crippen LogP contribution in [0.5, 0.6) is 0 Å². The molecule has 136 valence electrons. The molecular weight excluding hydrogens is 329 g/mol. The number of nitrogens with zero attached hydrogens (tertiary/aromatic N) is 2. The lowest BCUT2D eigenvalue weighted by atomic mass is 10.1. The zero-order chi connectivity index (χ0) is 18.7. The number of fused-ring (bicyclic) bond motifs is 1. The largest absolute Gasteiger partial charge is 0.352 e. The summed E-state index contributed by atoms with van der Waals surface area (Å²) in [5.74, 6) is -0.0926. The van der Waals surface area contributed by atoms with Crippen molar-refractivity contribution in [3.8, 4) is 0 Å². The standard InChI is InChI=1S/C21H24FN3O/c1-14(2)12-25-13-17(18-5-4-9-23-20(18)25)8-10-24-21(26)16-7-6-15(3)19(22)11-16/h4-7,9,11,13-14H,8,10,12H2,1-3H3,(H,24,26). The van der Waals surface area contributed by atoms with Crippen LogP contribution < -0.4 is 5.32 Å². The molecule has 0 fully saturated rings. The van der Waals surface area contributed by atoms with Crippen LogP contribution >= 0.6 is 0 Å². The minimum absolute atomic E-state index is 0.257. The highest BCUT2D eigenvalue weighted by molar-refractivity contribution is 5.94. The third-order valence-corrected chi connectivity index (χ3v) is 4.39. The van der Waals surface area contributed by atoms with Gasteiger partial charge in [-0.1, -0.05) is 19.9 Å². The number of rotatable bonds is 6. The zero-order valence-electron chi connectivity index (χ0n) is 15.4. The van der Waals surface area contributed by atoms with Gasteiger partial charge in [-0.15, -0.1) is 0 Å². The van der Waals surface area contributed by atoms with Gasteiger partial charge >= 0.3 is 0 Å². The van der Waals surface area contributed by atoms with Gasteiger partial charge in [0.15, 0.2) is 0 Å². The number of carbonyl (C=O) groups is 1. The Labute approximate surface area is 153 Å². The van der Waals surface area contributed by atoms with Gasteiger partial charge in [0.1, 0.15) is 11.5 Å². The maximum Gasteiger partial charge on any atom is 0.251 e. The van der Waals surface area contributed by atoms with Gasteiger partial charge in [-0.3, -0.25) is 4.79 Å². The lowest BCUT2D eigenvalue weighted by Gasteiger charge is -2.07. The van der Waals surface area contributed by atoms with Crippen LogP contribution in [-0.2, 0) is 13.0 Å². The van der Waals surface area contributed by atoms with Crippen LogP contribution in [-0.4, -0.2) is 22.0 Å². The van der Waals surface area contributed by atoms with E-state index in [1.807, 2.05) is 6.07 Å². The molecule has 3 rings (SSSR count). The predicted octanol–water partition coefficient (Wildman–Crippen LogP) is 4.11. The summed E-state index contributed by atoms with van der Waals surface area (Å²) in [7, 11) is 0. The minimum atomic E-state index is -0.361. The van der Waals surface area contributed by atoms with Crippen LogP contribution in [0.15, 0.2) is 42.7 Å². The monoisotopic (exact) mass is 353 g/mol. The summed E-state index contributed by atoms with van der Waals surface area (Å²) in [5.41, 5.74) is 3.01. The zero-order valence-corrected chi connectivity index (χ0v) is 15.4. The molecule has 0 bridgehead atoms. The third kappa shape index (κ3) is 3.93. The summed E-state index contributed by atoms with van der Waals surface area (Å²) < 4.78 is 15.8. The van der Waals surface area contributed by atoms with Crippen LogP contribution in [0.2, 0.25) is 0 Å². The van der Waals surface area contributed by atoms with Gasteiger partial charge in [-0.2, -0.15) is 0 Å². The molecule has 0 aliphatic rings. The molecule has 2 aromatic heterocycles. The van der Waals surface area contributed by atoms with E-state index >= 15 is 0 Å². The molecule has 0 aliphatic heterocycles. The first kappa shape index (κ1) is 18.1. The highest BCUT2D eigenvalue weighted by atomic mass is 19.1. The van der Waals surface area contributed by atoms with E-state index in [0.29, 0.717) is 30.0 Å². The van der Waals surface area contributed by atoms with Crippen LogP contribution in [0.3, 0.4) is 0 Å². The van der Waals surface area contributed by atoms with E-state index in [4.69, 9.17) is 0 Å². The molecule has 4 nitrogen and oxygen atoms in total. The number of carbonyl (C=O) groups excluding carboxylic acids is 1. The summed E-state index contributed by atoms with van der Waals surface area (Å²) in [6.07, 6.45) is 4.62. The molecule has 0 spiro atoms. The van der Waals surface area contributed by atoms with Gasteiger partial charge in [-0.25, -0.2) is 9.37 Å². The number of hydrogen-bond donors (Lipinski definition) is 1. The first-order valence-electron chi connectivity index (χ1n) is 8.93. The van der Waals surface area contributed by atoms with E-state index in [9.17, 15) is 9.18 Å².